The Morgan fingerprint density at radius 2 is 2.21 bits per heavy atom. The summed E-state index contributed by atoms with van der Waals surface area (Å²) >= 11 is 0. The molecule has 1 nitrogen and oxygen atoms in total. The second-order valence-electron chi connectivity index (χ2n) is 4.48. The lowest BCUT2D eigenvalue weighted by Crippen LogP contribution is -2.22. The zero-order chi connectivity index (χ0) is 10.0. The minimum Gasteiger partial charge on any atom is -0.289 e. The van der Waals surface area contributed by atoms with Gasteiger partial charge in [-0.3, -0.25) is 4.99 Å². The van der Waals surface area contributed by atoms with Crippen molar-refractivity contribution in [2.75, 3.05) is 6.54 Å². The molecule has 0 aromatic rings. The third-order valence-corrected chi connectivity index (χ3v) is 3.53. The maximum absolute atomic E-state index is 4.66. The van der Waals surface area contributed by atoms with Crippen molar-refractivity contribution in [3.63, 3.8) is 0 Å². The Hall–Kier alpha value is -0.850. The van der Waals surface area contributed by atoms with E-state index in [9.17, 15) is 0 Å². The summed E-state index contributed by atoms with van der Waals surface area (Å²) in [4.78, 5) is 4.66. The molecule has 0 N–H and O–H groups in total. The lowest BCUT2D eigenvalue weighted by atomic mass is 9.81. The molecular weight excluding hydrogens is 170 g/mol. The summed E-state index contributed by atoms with van der Waals surface area (Å²) < 4.78 is 0. The summed E-state index contributed by atoms with van der Waals surface area (Å²) in [5.74, 6) is 0. The highest BCUT2D eigenvalue weighted by Gasteiger charge is 2.48. The molecular formula is C13H19N. The van der Waals surface area contributed by atoms with E-state index in [0.717, 1.165) is 6.54 Å². The Morgan fingerprint density at radius 1 is 1.43 bits per heavy atom. The Kier molecular flexibility index (Phi) is 2.58. The van der Waals surface area contributed by atoms with Crippen LogP contribution in [0.3, 0.4) is 0 Å². The van der Waals surface area contributed by atoms with Crippen molar-refractivity contribution in [2.24, 2.45) is 10.4 Å². The molecule has 0 atom stereocenters. The number of allylic oxidation sites excluding steroid dienone is 2. The van der Waals surface area contributed by atoms with E-state index in [1.165, 1.54) is 37.8 Å². The van der Waals surface area contributed by atoms with Crippen molar-refractivity contribution in [3.05, 3.63) is 24.3 Å². The lowest BCUT2D eigenvalue weighted by molar-refractivity contribution is 0.609. The van der Waals surface area contributed by atoms with E-state index >= 15 is 0 Å². The molecule has 76 valence electrons. The van der Waals surface area contributed by atoms with E-state index in [4.69, 9.17) is 0 Å². The highest BCUT2D eigenvalue weighted by atomic mass is 14.8. The van der Waals surface area contributed by atoms with Crippen LogP contribution in [-0.4, -0.2) is 12.3 Å². The zero-order valence-electron chi connectivity index (χ0n) is 9.05. The van der Waals surface area contributed by atoms with E-state index < -0.39 is 0 Å². The quantitative estimate of drug-likeness (QED) is 0.589. The number of nitrogens with zero attached hydrogens (tertiary/aromatic N) is 1. The number of hydrogen-bond donors (Lipinski definition) is 0. The molecule has 0 aliphatic heterocycles. The van der Waals surface area contributed by atoms with E-state index in [1.54, 1.807) is 5.57 Å². The second kappa shape index (κ2) is 3.72. The molecule has 14 heavy (non-hydrogen) atoms. The first kappa shape index (κ1) is 9.70. The molecule has 0 heterocycles. The third kappa shape index (κ3) is 1.68. The molecule has 2 aliphatic rings. The predicted octanol–water partition coefficient (Wildman–Crippen LogP) is 3.52. The largest absolute Gasteiger partial charge is 0.289 e. The van der Waals surface area contributed by atoms with Gasteiger partial charge >= 0.3 is 0 Å². The van der Waals surface area contributed by atoms with Crippen molar-refractivity contribution < 1.29 is 0 Å². The Labute approximate surface area is 86.6 Å². The van der Waals surface area contributed by atoms with E-state index in [-0.39, 0.29) is 0 Å². The first-order valence-electron chi connectivity index (χ1n) is 5.59. The Bertz CT molecular complexity index is 292. The molecule has 0 radical (unpaired) electrons. The fourth-order valence-electron chi connectivity index (χ4n) is 2.45. The van der Waals surface area contributed by atoms with Gasteiger partial charge in [-0.25, -0.2) is 0 Å². The van der Waals surface area contributed by atoms with Crippen LogP contribution in [0.25, 0.3) is 0 Å². The van der Waals surface area contributed by atoms with Crippen LogP contribution in [-0.2, 0) is 0 Å². The highest BCUT2D eigenvalue weighted by molar-refractivity contribution is 5.94. The maximum Gasteiger partial charge on any atom is 0.0567 e. The van der Waals surface area contributed by atoms with Gasteiger partial charge in [-0.2, -0.15) is 0 Å². The Morgan fingerprint density at radius 3 is 2.79 bits per heavy atom. The van der Waals surface area contributed by atoms with Crippen LogP contribution >= 0.6 is 0 Å². The zero-order valence-corrected chi connectivity index (χ0v) is 9.05. The smallest absolute Gasteiger partial charge is 0.0567 e. The fourth-order valence-corrected chi connectivity index (χ4v) is 2.45. The van der Waals surface area contributed by atoms with Crippen LogP contribution in [0.4, 0.5) is 0 Å². The molecule has 0 bridgehead atoms. The molecule has 2 rings (SSSR count). The topological polar surface area (TPSA) is 12.4 Å². The molecule has 0 saturated heterocycles. The van der Waals surface area contributed by atoms with Gasteiger partial charge in [0.1, 0.15) is 0 Å². The van der Waals surface area contributed by atoms with Gasteiger partial charge in [0.05, 0.1) is 6.54 Å². The van der Waals surface area contributed by atoms with Crippen molar-refractivity contribution in [3.8, 4) is 0 Å². The SMILES string of the molecule is C=CCN=C1CCC(=CC)CC12CC2. The molecule has 0 aromatic carbocycles. The van der Waals surface area contributed by atoms with E-state index in [0.29, 0.717) is 5.41 Å². The van der Waals surface area contributed by atoms with Gasteiger partial charge in [0, 0.05) is 11.1 Å². The number of rotatable bonds is 2. The summed E-state index contributed by atoms with van der Waals surface area (Å²) in [6.45, 7) is 6.70. The van der Waals surface area contributed by atoms with Crippen LogP contribution in [0, 0.1) is 5.41 Å². The molecule has 0 amide bonds. The lowest BCUT2D eigenvalue weighted by Gasteiger charge is -2.26. The molecule has 0 aromatic heterocycles. The number of aliphatic imine (C=N–C) groups is 1. The monoisotopic (exact) mass is 189 g/mol. The normalized spacial score (nSPS) is 29.8. The molecule has 2 aliphatic carbocycles. The summed E-state index contributed by atoms with van der Waals surface area (Å²) in [5.41, 5.74) is 3.62. The van der Waals surface area contributed by atoms with Crippen LogP contribution < -0.4 is 0 Å². The summed E-state index contributed by atoms with van der Waals surface area (Å²) in [6, 6.07) is 0. The van der Waals surface area contributed by atoms with Crippen LogP contribution in [0.1, 0.15) is 39.0 Å². The van der Waals surface area contributed by atoms with E-state index in [1.807, 2.05) is 6.08 Å². The van der Waals surface area contributed by atoms with Crippen molar-refractivity contribution in [1.29, 1.82) is 0 Å². The highest BCUT2D eigenvalue weighted by Crippen LogP contribution is 2.55. The van der Waals surface area contributed by atoms with Gasteiger partial charge in [0.25, 0.3) is 0 Å². The van der Waals surface area contributed by atoms with Gasteiger partial charge in [0.15, 0.2) is 0 Å². The minimum atomic E-state index is 0.503. The standard InChI is InChI=1S/C13H19N/c1-3-9-14-12-6-5-11(4-2)10-13(12)7-8-13/h3-4H,1,5-10H2,2H3. The van der Waals surface area contributed by atoms with Crippen molar-refractivity contribution >= 4 is 5.71 Å². The fraction of sp³-hybridized carbons (Fsp3) is 0.615. The van der Waals surface area contributed by atoms with Crippen LogP contribution in [0.2, 0.25) is 0 Å². The average Bonchev–Trinajstić information content (AvgIpc) is 2.97. The molecule has 0 unspecified atom stereocenters. The van der Waals surface area contributed by atoms with Crippen molar-refractivity contribution in [1.82, 2.24) is 0 Å². The van der Waals surface area contributed by atoms with Crippen molar-refractivity contribution in [2.45, 2.75) is 39.0 Å². The van der Waals surface area contributed by atoms with Gasteiger partial charge < -0.3 is 0 Å². The predicted molar refractivity (Wildman–Crippen MR) is 61.8 cm³/mol. The molecule has 2 fully saturated rings. The molecule has 1 spiro atoms. The summed E-state index contributed by atoms with van der Waals surface area (Å²) in [6.07, 6.45) is 10.6. The van der Waals surface area contributed by atoms with Gasteiger partial charge in [-0.1, -0.05) is 17.7 Å². The van der Waals surface area contributed by atoms with Gasteiger partial charge in [0.2, 0.25) is 0 Å². The van der Waals surface area contributed by atoms with Crippen LogP contribution in [0.5, 0.6) is 0 Å². The first-order valence-corrected chi connectivity index (χ1v) is 5.59. The van der Waals surface area contributed by atoms with Gasteiger partial charge in [-0.05, 0) is 39.0 Å². The van der Waals surface area contributed by atoms with E-state index in [2.05, 4.69) is 24.6 Å². The minimum absolute atomic E-state index is 0.503. The van der Waals surface area contributed by atoms with Crippen LogP contribution in [0.15, 0.2) is 29.3 Å². The second-order valence-corrected chi connectivity index (χ2v) is 4.48. The summed E-state index contributed by atoms with van der Waals surface area (Å²) in [5, 5.41) is 0. The Balaban J connectivity index is 2.11. The maximum atomic E-state index is 4.66. The molecule has 2 saturated carbocycles. The van der Waals surface area contributed by atoms with Gasteiger partial charge in [-0.15, -0.1) is 6.58 Å². The number of hydrogen-bond acceptors (Lipinski definition) is 1. The first-order chi connectivity index (χ1) is 6.80. The third-order valence-electron chi connectivity index (χ3n) is 3.53. The average molecular weight is 189 g/mol. The summed E-state index contributed by atoms with van der Waals surface area (Å²) in [7, 11) is 0. The molecule has 1 heteroatoms.